The molecule has 128 valence electrons. The zero-order valence-corrected chi connectivity index (χ0v) is 13.4. The van der Waals surface area contributed by atoms with E-state index in [0.29, 0.717) is 23.4 Å². The van der Waals surface area contributed by atoms with Gasteiger partial charge in [0.15, 0.2) is 5.17 Å². The first-order valence-corrected chi connectivity index (χ1v) is 8.38. The molecule has 0 saturated heterocycles. The number of aliphatic imine (C=N–C) groups is 1. The normalized spacial score (nSPS) is 25.7. The number of hydrogen-bond donors (Lipinski definition) is 3. The molecule has 1 heterocycles. The van der Waals surface area contributed by atoms with Crippen molar-refractivity contribution in [3.8, 4) is 0 Å². The third-order valence-corrected chi connectivity index (χ3v) is 5.63. The summed E-state index contributed by atoms with van der Waals surface area (Å²) in [7, 11) is 0. The molecule has 3 rings (SSSR count). The summed E-state index contributed by atoms with van der Waals surface area (Å²) in [5.41, 5.74) is 5.50. The molecule has 2 amide bonds. The van der Waals surface area contributed by atoms with Gasteiger partial charge in [-0.05, 0) is 37.0 Å². The Morgan fingerprint density at radius 3 is 2.75 bits per heavy atom. The number of carboxylic acid groups (broad SMARTS) is 2. The Bertz CT molecular complexity index is 727. The van der Waals surface area contributed by atoms with Crippen LogP contribution in [0.5, 0.6) is 0 Å². The molecule has 1 aromatic rings. The Hall–Kier alpha value is -2.29. The second-order valence-corrected chi connectivity index (χ2v) is 6.85. The van der Waals surface area contributed by atoms with E-state index in [-0.39, 0.29) is 16.0 Å². The molecule has 1 aromatic carbocycles. The van der Waals surface area contributed by atoms with E-state index in [2.05, 4.69) is 4.99 Å². The largest absolute Gasteiger partial charge is 0.464 e. The number of nitrogen functional groups attached to an aromatic ring is 1. The van der Waals surface area contributed by atoms with E-state index in [9.17, 15) is 14.0 Å². The SMILES string of the molecule is Nc1ccc(F)c([C@]23CCC[C@H]2CSC(N(C(=O)O)C(=O)O)=N3)c1. The van der Waals surface area contributed by atoms with Crippen molar-refractivity contribution in [2.75, 3.05) is 11.5 Å². The van der Waals surface area contributed by atoms with E-state index in [4.69, 9.17) is 15.9 Å². The molecule has 9 heteroatoms. The van der Waals surface area contributed by atoms with E-state index in [0.717, 1.165) is 24.6 Å². The van der Waals surface area contributed by atoms with Gasteiger partial charge in [0.2, 0.25) is 0 Å². The number of anilines is 1. The highest BCUT2D eigenvalue weighted by Gasteiger charge is 2.49. The van der Waals surface area contributed by atoms with Gasteiger partial charge in [0.05, 0.1) is 5.54 Å². The first kappa shape index (κ1) is 16.6. The summed E-state index contributed by atoms with van der Waals surface area (Å²) in [4.78, 5) is 27.1. The van der Waals surface area contributed by atoms with Crippen LogP contribution < -0.4 is 5.73 Å². The van der Waals surface area contributed by atoms with Crippen LogP contribution in [-0.4, -0.2) is 38.2 Å². The smallest absolute Gasteiger partial charge is 0.423 e. The molecular formula is C15H16FN3O4S. The molecule has 0 unspecified atom stereocenters. The van der Waals surface area contributed by atoms with E-state index < -0.39 is 23.5 Å². The number of amides is 2. The molecule has 0 radical (unpaired) electrons. The number of hydrogen-bond acceptors (Lipinski definition) is 5. The van der Waals surface area contributed by atoms with Crippen LogP contribution in [0.15, 0.2) is 23.2 Å². The fourth-order valence-corrected chi connectivity index (χ4v) is 4.76. The summed E-state index contributed by atoms with van der Waals surface area (Å²) in [6.07, 6.45) is -1.12. The standard InChI is InChI=1S/C15H16FN3O4S/c16-11-4-3-9(17)6-10(11)15-5-1-2-8(15)7-24-12(18-15)19(13(20)21)14(22)23/h3-4,6,8H,1-2,5,7,17H2,(H,20,21)(H,22,23)/t8-,15-/m0/s1. The highest BCUT2D eigenvalue weighted by atomic mass is 32.2. The van der Waals surface area contributed by atoms with Gasteiger partial charge in [-0.15, -0.1) is 0 Å². The quantitative estimate of drug-likeness (QED) is 0.668. The van der Waals surface area contributed by atoms with Crippen LogP contribution in [0.2, 0.25) is 0 Å². The van der Waals surface area contributed by atoms with Crippen molar-refractivity contribution in [3.05, 3.63) is 29.6 Å². The van der Waals surface area contributed by atoms with Crippen molar-refractivity contribution < 1.29 is 24.2 Å². The van der Waals surface area contributed by atoms with Gasteiger partial charge < -0.3 is 15.9 Å². The molecule has 2 atom stereocenters. The molecule has 0 bridgehead atoms. The minimum atomic E-state index is -1.63. The summed E-state index contributed by atoms with van der Waals surface area (Å²) in [6.45, 7) is 0. The van der Waals surface area contributed by atoms with Gasteiger partial charge in [0, 0.05) is 17.0 Å². The van der Waals surface area contributed by atoms with Crippen LogP contribution in [0.25, 0.3) is 0 Å². The van der Waals surface area contributed by atoms with E-state index in [1.165, 1.54) is 18.2 Å². The minimum Gasteiger partial charge on any atom is -0.464 e. The molecule has 2 aliphatic rings. The highest BCUT2D eigenvalue weighted by Crippen LogP contribution is 2.52. The van der Waals surface area contributed by atoms with Crippen LogP contribution in [0.1, 0.15) is 24.8 Å². The Kier molecular flexibility index (Phi) is 4.12. The number of nitrogens with zero attached hydrogens (tertiary/aromatic N) is 2. The van der Waals surface area contributed by atoms with Crippen LogP contribution in [0.3, 0.4) is 0 Å². The predicted molar refractivity (Wildman–Crippen MR) is 87.6 cm³/mol. The Balaban J connectivity index is 2.15. The minimum absolute atomic E-state index is 0.00647. The second kappa shape index (κ2) is 5.97. The van der Waals surface area contributed by atoms with Gasteiger partial charge in [-0.2, -0.15) is 4.90 Å². The zero-order valence-electron chi connectivity index (χ0n) is 12.6. The summed E-state index contributed by atoms with van der Waals surface area (Å²) >= 11 is 1.07. The Morgan fingerprint density at radius 2 is 2.08 bits per heavy atom. The maximum Gasteiger partial charge on any atom is 0.423 e. The zero-order chi connectivity index (χ0) is 17.5. The van der Waals surface area contributed by atoms with Crippen molar-refractivity contribution in [2.24, 2.45) is 10.9 Å². The number of imide groups is 1. The highest BCUT2D eigenvalue weighted by molar-refractivity contribution is 8.13. The topological polar surface area (TPSA) is 116 Å². The van der Waals surface area contributed by atoms with Crippen LogP contribution in [-0.2, 0) is 5.54 Å². The van der Waals surface area contributed by atoms with Crippen molar-refractivity contribution >= 4 is 34.8 Å². The molecule has 24 heavy (non-hydrogen) atoms. The van der Waals surface area contributed by atoms with Crippen molar-refractivity contribution in [1.82, 2.24) is 4.90 Å². The molecule has 1 aliphatic carbocycles. The second-order valence-electron chi connectivity index (χ2n) is 5.86. The van der Waals surface area contributed by atoms with Crippen molar-refractivity contribution in [1.29, 1.82) is 0 Å². The third kappa shape index (κ3) is 2.58. The molecule has 1 saturated carbocycles. The van der Waals surface area contributed by atoms with Crippen molar-refractivity contribution in [3.63, 3.8) is 0 Å². The average Bonchev–Trinajstić information content (AvgIpc) is 2.93. The molecule has 1 fully saturated rings. The molecule has 1 aliphatic heterocycles. The number of halogens is 1. The number of rotatable bonds is 1. The van der Waals surface area contributed by atoms with Crippen LogP contribution >= 0.6 is 11.8 Å². The fraction of sp³-hybridized carbons (Fsp3) is 0.400. The number of carbonyl (C=O) groups is 2. The Morgan fingerprint density at radius 1 is 1.38 bits per heavy atom. The number of fused-ring (bicyclic) bond motifs is 1. The molecular weight excluding hydrogens is 337 g/mol. The maximum absolute atomic E-state index is 14.5. The van der Waals surface area contributed by atoms with Gasteiger partial charge in [-0.1, -0.05) is 18.2 Å². The number of nitrogens with two attached hydrogens (primary N) is 1. The maximum atomic E-state index is 14.5. The Labute approximate surface area is 141 Å². The van der Waals surface area contributed by atoms with Gasteiger partial charge >= 0.3 is 12.2 Å². The molecule has 0 spiro atoms. The van der Waals surface area contributed by atoms with E-state index in [1.54, 1.807) is 0 Å². The lowest BCUT2D eigenvalue weighted by atomic mass is 9.81. The van der Waals surface area contributed by atoms with Gasteiger partial charge in [-0.25, -0.2) is 19.0 Å². The number of thioether (sulfide) groups is 1. The van der Waals surface area contributed by atoms with Crippen molar-refractivity contribution in [2.45, 2.75) is 24.8 Å². The van der Waals surface area contributed by atoms with Gasteiger partial charge in [0.1, 0.15) is 5.82 Å². The fourth-order valence-electron chi connectivity index (χ4n) is 3.46. The van der Waals surface area contributed by atoms with E-state index >= 15 is 0 Å². The summed E-state index contributed by atoms with van der Waals surface area (Å²) in [5.74, 6) is 0.0136. The lowest BCUT2D eigenvalue weighted by molar-refractivity contribution is 0.145. The van der Waals surface area contributed by atoms with E-state index in [1.807, 2.05) is 0 Å². The lowest BCUT2D eigenvalue weighted by Gasteiger charge is -2.37. The molecule has 0 aromatic heterocycles. The monoisotopic (exact) mass is 353 g/mol. The van der Waals surface area contributed by atoms with Crippen LogP contribution in [0, 0.1) is 11.7 Å². The first-order valence-electron chi connectivity index (χ1n) is 7.39. The van der Waals surface area contributed by atoms with Crippen LogP contribution in [0.4, 0.5) is 19.7 Å². The number of amidine groups is 1. The molecule has 4 N–H and O–H groups in total. The predicted octanol–water partition coefficient (Wildman–Crippen LogP) is 3.16. The number of benzene rings is 1. The van der Waals surface area contributed by atoms with Gasteiger partial charge in [-0.3, -0.25) is 0 Å². The lowest BCUT2D eigenvalue weighted by Crippen LogP contribution is -2.44. The van der Waals surface area contributed by atoms with Gasteiger partial charge in [0.25, 0.3) is 0 Å². The first-order chi connectivity index (χ1) is 11.3. The summed E-state index contributed by atoms with van der Waals surface area (Å²) < 4.78 is 14.5. The summed E-state index contributed by atoms with van der Waals surface area (Å²) in [5, 5.41) is 18.1. The molecule has 7 nitrogen and oxygen atoms in total. The average molecular weight is 353 g/mol. The summed E-state index contributed by atoms with van der Waals surface area (Å²) in [6, 6.07) is 4.22. The third-order valence-electron chi connectivity index (χ3n) is 4.53.